The van der Waals surface area contributed by atoms with Gasteiger partial charge in [-0.15, -0.1) is 6.58 Å². The van der Waals surface area contributed by atoms with Crippen LogP contribution in [0.25, 0.3) is 0 Å². The third-order valence-electron chi connectivity index (χ3n) is 5.21. The molecule has 0 fully saturated rings. The van der Waals surface area contributed by atoms with Crippen molar-refractivity contribution in [3.05, 3.63) is 94.0 Å². The molecule has 4 rings (SSSR count). The van der Waals surface area contributed by atoms with Crippen LogP contribution >= 0.6 is 11.8 Å². The van der Waals surface area contributed by atoms with Crippen molar-refractivity contribution in [2.24, 2.45) is 7.05 Å². The van der Waals surface area contributed by atoms with Crippen molar-refractivity contribution in [3.63, 3.8) is 0 Å². The topological polar surface area (TPSA) is 73.2 Å². The molecule has 2 aromatic carbocycles. The number of thioether (sulfide) groups is 1. The van der Waals surface area contributed by atoms with E-state index < -0.39 is 5.92 Å². The van der Waals surface area contributed by atoms with E-state index in [4.69, 9.17) is 4.74 Å². The van der Waals surface area contributed by atoms with E-state index in [0.29, 0.717) is 28.0 Å². The fourth-order valence-corrected chi connectivity index (χ4v) is 4.37. The molecule has 0 spiro atoms. The van der Waals surface area contributed by atoms with Crippen LogP contribution in [0.5, 0.6) is 5.75 Å². The van der Waals surface area contributed by atoms with Gasteiger partial charge in [0.2, 0.25) is 5.91 Å². The standard InChI is InChI=1S/C24H22FN3O3S/c1-3-11-32-24-27-23(30)21-19(13-20(29)26-22(21)28(24)2)16-7-9-18(10-8-16)31-14-15-5-4-6-17(25)12-15/h3-10,12,19H,1,11,13-14H2,2H3,(H,26,29). The minimum absolute atomic E-state index is 0.158. The second kappa shape index (κ2) is 9.40. The fraction of sp³-hybridized carbons (Fsp3) is 0.208. The fourth-order valence-electron chi connectivity index (χ4n) is 3.67. The van der Waals surface area contributed by atoms with Crippen LogP contribution < -0.4 is 15.6 Å². The Bertz CT molecular complexity index is 1220. The molecule has 1 aliphatic heterocycles. The van der Waals surface area contributed by atoms with E-state index in [2.05, 4.69) is 16.9 Å². The first-order valence-electron chi connectivity index (χ1n) is 10.1. The highest BCUT2D eigenvalue weighted by molar-refractivity contribution is 7.99. The third kappa shape index (κ3) is 4.60. The lowest BCUT2D eigenvalue weighted by atomic mass is 9.87. The summed E-state index contributed by atoms with van der Waals surface area (Å²) in [5.74, 6) is 0.824. The lowest BCUT2D eigenvalue weighted by Gasteiger charge is -2.27. The summed E-state index contributed by atoms with van der Waals surface area (Å²) in [6.45, 7) is 3.93. The number of carbonyl (C=O) groups is 1. The van der Waals surface area contributed by atoms with Gasteiger partial charge in [-0.3, -0.25) is 9.59 Å². The highest BCUT2D eigenvalue weighted by Gasteiger charge is 2.32. The van der Waals surface area contributed by atoms with Crippen molar-refractivity contribution < 1.29 is 13.9 Å². The first kappa shape index (κ1) is 21.8. The number of carbonyl (C=O) groups excluding carboxylic acids is 1. The normalized spacial score (nSPS) is 15.1. The highest BCUT2D eigenvalue weighted by atomic mass is 32.2. The molecular weight excluding hydrogens is 429 g/mol. The average Bonchev–Trinajstić information content (AvgIpc) is 2.79. The van der Waals surface area contributed by atoms with E-state index in [0.717, 1.165) is 11.1 Å². The molecule has 1 aliphatic rings. The molecule has 0 saturated carbocycles. The molecule has 8 heteroatoms. The molecular formula is C24H22FN3O3S. The van der Waals surface area contributed by atoms with Crippen LogP contribution in [0.1, 0.15) is 29.0 Å². The van der Waals surface area contributed by atoms with Crippen molar-refractivity contribution in [3.8, 4) is 5.75 Å². The Balaban J connectivity index is 1.59. The zero-order valence-electron chi connectivity index (χ0n) is 17.5. The number of hydrogen-bond acceptors (Lipinski definition) is 5. The van der Waals surface area contributed by atoms with Crippen molar-refractivity contribution in [1.82, 2.24) is 9.55 Å². The monoisotopic (exact) mass is 451 g/mol. The van der Waals surface area contributed by atoms with E-state index in [-0.39, 0.29) is 30.3 Å². The van der Waals surface area contributed by atoms with E-state index in [1.807, 2.05) is 12.1 Å². The Kier molecular flexibility index (Phi) is 6.41. The average molecular weight is 452 g/mol. The summed E-state index contributed by atoms with van der Waals surface area (Å²) in [4.78, 5) is 29.5. The van der Waals surface area contributed by atoms with Crippen molar-refractivity contribution in [1.29, 1.82) is 0 Å². The van der Waals surface area contributed by atoms with Crippen molar-refractivity contribution >= 4 is 23.5 Å². The van der Waals surface area contributed by atoms with Gasteiger partial charge in [0.25, 0.3) is 5.56 Å². The first-order chi connectivity index (χ1) is 15.5. The molecule has 1 N–H and O–H groups in total. The summed E-state index contributed by atoms with van der Waals surface area (Å²) in [5.41, 5.74) is 1.68. The highest BCUT2D eigenvalue weighted by Crippen LogP contribution is 2.36. The molecule has 2 heterocycles. The minimum Gasteiger partial charge on any atom is -0.489 e. The predicted molar refractivity (Wildman–Crippen MR) is 123 cm³/mol. The van der Waals surface area contributed by atoms with Gasteiger partial charge in [-0.2, -0.15) is 4.98 Å². The smallest absolute Gasteiger partial charge is 0.279 e. The Morgan fingerprint density at radius 1 is 1.28 bits per heavy atom. The zero-order chi connectivity index (χ0) is 22.7. The molecule has 1 amide bonds. The van der Waals surface area contributed by atoms with Crippen molar-refractivity contribution in [2.45, 2.75) is 24.1 Å². The molecule has 1 aromatic heterocycles. The third-order valence-corrected chi connectivity index (χ3v) is 6.23. The summed E-state index contributed by atoms with van der Waals surface area (Å²) < 4.78 is 20.8. The van der Waals surface area contributed by atoms with Gasteiger partial charge in [-0.25, -0.2) is 4.39 Å². The number of rotatable bonds is 7. The van der Waals surface area contributed by atoms with E-state index in [9.17, 15) is 14.0 Å². The number of fused-ring (bicyclic) bond motifs is 1. The molecule has 0 saturated heterocycles. The number of anilines is 1. The van der Waals surface area contributed by atoms with Crippen LogP contribution in [0, 0.1) is 5.82 Å². The second-order valence-electron chi connectivity index (χ2n) is 7.41. The lowest BCUT2D eigenvalue weighted by Crippen LogP contribution is -2.33. The van der Waals surface area contributed by atoms with Crippen LogP contribution in [0.15, 0.2) is 71.1 Å². The number of nitrogens with one attached hydrogen (secondary N) is 1. The second-order valence-corrected chi connectivity index (χ2v) is 8.40. The van der Waals surface area contributed by atoms with E-state index >= 15 is 0 Å². The van der Waals surface area contributed by atoms with Gasteiger partial charge < -0.3 is 14.6 Å². The Labute approximate surface area is 189 Å². The maximum Gasteiger partial charge on any atom is 0.279 e. The van der Waals surface area contributed by atoms with Gasteiger partial charge in [0.05, 0.1) is 5.56 Å². The predicted octanol–water partition coefficient (Wildman–Crippen LogP) is 4.25. The number of aromatic nitrogens is 2. The summed E-state index contributed by atoms with van der Waals surface area (Å²) >= 11 is 1.38. The van der Waals surface area contributed by atoms with Crippen molar-refractivity contribution in [2.75, 3.05) is 11.1 Å². The summed E-state index contributed by atoms with van der Waals surface area (Å²) in [5, 5.41) is 3.35. The molecule has 6 nitrogen and oxygen atoms in total. The molecule has 32 heavy (non-hydrogen) atoms. The number of ether oxygens (including phenoxy) is 1. The quantitative estimate of drug-likeness (QED) is 0.330. The van der Waals surface area contributed by atoms with Crippen LogP contribution in [-0.2, 0) is 18.4 Å². The Morgan fingerprint density at radius 2 is 2.06 bits per heavy atom. The number of nitrogens with zero attached hydrogens (tertiary/aromatic N) is 2. The van der Waals surface area contributed by atoms with Gasteiger partial charge in [0, 0.05) is 25.1 Å². The van der Waals surface area contributed by atoms with Crippen LogP contribution in [0.4, 0.5) is 10.2 Å². The number of benzene rings is 2. The van der Waals surface area contributed by atoms with Gasteiger partial charge >= 0.3 is 0 Å². The Morgan fingerprint density at radius 3 is 2.78 bits per heavy atom. The molecule has 0 radical (unpaired) electrons. The molecule has 1 unspecified atom stereocenters. The van der Waals surface area contributed by atoms with E-state index in [1.165, 1.54) is 23.9 Å². The minimum atomic E-state index is -0.402. The number of amides is 1. The molecule has 0 bridgehead atoms. The SMILES string of the molecule is C=CCSc1nc(=O)c2c(n1C)NC(=O)CC2c1ccc(OCc2cccc(F)c2)cc1. The van der Waals surface area contributed by atoms with Crippen LogP contribution in [-0.4, -0.2) is 21.2 Å². The molecule has 164 valence electrons. The van der Waals surface area contributed by atoms with Gasteiger partial charge in [-0.1, -0.05) is 42.1 Å². The maximum atomic E-state index is 13.3. The van der Waals surface area contributed by atoms with Gasteiger partial charge in [-0.05, 0) is 35.4 Å². The van der Waals surface area contributed by atoms with Gasteiger partial charge in [0.1, 0.15) is 24.0 Å². The van der Waals surface area contributed by atoms with E-state index in [1.54, 1.807) is 42.0 Å². The summed E-state index contributed by atoms with van der Waals surface area (Å²) in [6.07, 6.45) is 1.89. The largest absolute Gasteiger partial charge is 0.489 e. The van der Waals surface area contributed by atoms with Crippen LogP contribution in [0.2, 0.25) is 0 Å². The first-order valence-corrected chi connectivity index (χ1v) is 11.1. The molecule has 0 aliphatic carbocycles. The maximum absolute atomic E-state index is 13.3. The number of halogens is 1. The molecule has 3 aromatic rings. The Hall–Kier alpha value is -3.39. The number of hydrogen-bond donors (Lipinski definition) is 1. The zero-order valence-corrected chi connectivity index (χ0v) is 18.3. The van der Waals surface area contributed by atoms with Gasteiger partial charge in [0.15, 0.2) is 5.16 Å². The van der Waals surface area contributed by atoms with Crippen LogP contribution in [0.3, 0.4) is 0 Å². The lowest BCUT2D eigenvalue weighted by molar-refractivity contribution is -0.116. The summed E-state index contributed by atoms with van der Waals surface area (Å²) in [6, 6.07) is 13.5. The molecule has 1 atom stereocenters. The summed E-state index contributed by atoms with van der Waals surface area (Å²) in [7, 11) is 1.78.